The summed E-state index contributed by atoms with van der Waals surface area (Å²) < 4.78 is 1.51. The molecule has 18 heavy (non-hydrogen) atoms. The van der Waals surface area contributed by atoms with Crippen LogP contribution in [0.3, 0.4) is 0 Å². The van der Waals surface area contributed by atoms with Crippen LogP contribution in [-0.2, 0) is 6.54 Å². The van der Waals surface area contributed by atoms with Crippen molar-refractivity contribution >= 4 is 23.1 Å². The zero-order chi connectivity index (χ0) is 13.1. The third-order valence-electron chi connectivity index (χ3n) is 2.03. The lowest BCUT2D eigenvalue weighted by Gasteiger charge is -1.95. The number of imidazole rings is 1. The molecule has 0 aliphatic rings. The van der Waals surface area contributed by atoms with Gasteiger partial charge in [0.25, 0.3) is 5.91 Å². The van der Waals surface area contributed by atoms with E-state index in [0.717, 1.165) is 11.3 Å². The number of rotatable bonds is 4. The molecular formula is C8H8N6O3S. The van der Waals surface area contributed by atoms with Gasteiger partial charge in [0.2, 0.25) is 6.33 Å². The maximum Gasteiger partial charge on any atom is 0.381 e. The molecule has 10 heteroatoms. The smallest absolute Gasteiger partial charge is 0.358 e. The molecule has 0 atom stereocenters. The molecule has 0 bridgehead atoms. The van der Waals surface area contributed by atoms with E-state index in [2.05, 4.69) is 9.97 Å². The number of nitrogens with two attached hydrogens (primary N) is 1. The lowest BCUT2D eigenvalue weighted by molar-refractivity contribution is -0.389. The van der Waals surface area contributed by atoms with E-state index in [4.69, 9.17) is 5.84 Å². The second-order valence-corrected chi connectivity index (χ2v) is 4.14. The summed E-state index contributed by atoms with van der Waals surface area (Å²) in [6, 6.07) is 0. The Bertz CT molecular complexity index is 591. The lowest BCUT2D eigenvalue weighted by Crippen LogP contribution is -2.29. The normalized spacial score (nSPS) is 10.3. The highest BCUT2D eigenvalue weighted by molar-refractivity contribution is 7.11. The number of carbonyl (C=O) groups excluding carboxylic acids is 1. The Labute approximate surface area is 104 Å². The molecule has 0 aliphatic carbocycles. The Morgan fingerprint density at radius 1 is 1.67 bits per heavy atom. The number of aromatic nitrogens is 3. The third kappa shape index (κ3) is 2.49. The molecule has 1 amide bonds. The van der Waals surface area contributed by atoms with Crippen LogP contribution < -0.4 is 11.3 Å². The minimum Gasteiger partial charge on any atom is -0.358 e. The first-order chi connectivity index (χ1) is 8.60. The lowest BCUT2D eigenvalue weighted by atomic mass is 10.5. The highest BCUT2D eigenvalue weighted by Crippen LogP contribution is 2.12. The summed E-state index contributed by atoms with van der Waals surface area (Å²) >= 11 is 1.14. The van der Waals surface area contributed by atoms with Gasteiger partial charge in [-0.3, -0.25) is 10.2 Å². The van der Waals surface area contributed by atoms with Gasteiger partial charge in [-0.2, -0.15) is 0 Å². The number of thiazole rings is 1. The minimum absolute atomic E-state index is 0.231. The summed E-state index contributed by atoms with van der Waals surface area (Å²) in [7, 11) is 0. The molecule has 94 valence electrons. The van der Waals surface area contributed by atoms with Crippen LogP contribution in [0.1, 0.15) is 15.5 Å². The molecule has 3 N–H and O–H groups in total. The Morgan fingerprint density at radius 2 is 2.44 bits per heavy atom. The molecular weight excluding hydrogens is 260 g/mol. The molecule has 0 aliphatic heterocycles. The maximum atomic E-state index is 11.2. The van der Waals surface area contributed by atoms with Crippen LogP contribution in [0.2, 0.25) is 0 Å². The predicted molar refractivity (Wildman–Crippen MR) is 61.8 cm³/mol. The van der Waals surface area contributed by atoms with Gasteiger partial charge in [0.1, 0.15) is 6.20 Å². The fraction of sp³-hybridized carbons (Fsp3) is 0.125. The molecule has 0 saturated carbocycles. The first-order valence-corrected chi connectivity index (χ1v) is 5.59. The predicted octanol–water partition coefficient (Wildman–Crippen LogP) is -0.100. The number of nitrogens with one attached hydrogen (secondary N) is 1. The van der Waals surface area contributed by atoms with Crippen molar-refractivity contribution in [2.45, 2.75) is 6.54 Å². The van der Waals surface area contributed by atoms with Crippen LogP contribution in [0.15, 0.2) is 17.9 Å². The van der Waals surface area contributed by atoms with E-state index < -0.39 is 10.8 Å². The van der Waals surface area contributed by atoms with E-state index in [9.17, 15) is 14.9 Å². The number of hydrazine groups is 1. The number of nitrogen functional groups attached to an aromatic ring is 1. The highest BCUT2D eigenvalue weighted by Gasteiger charge is 2.13. The number of hydrogen-bond donors (Lipinski definition) is 2. The van der Waals surface area contributed by atoms with Crippen molar-refractivity contribution in [1.29, 1.82) is 0 Å². The van der Waals surface area contributed by atoms with Gasteiger partial charge in [-0.1, -0.05) is 0 Å². The molecule has 2 rings (SSSR count). The van der Waals surface area contributed by atoms with E-state index in [1.807, 2.05) is 5.43 Å². The molecule has 0 saturated heterocycles. The summed E-state index contributed by atoms with van der Waals surface area (Å²) in [5, 5.41) is 12.4. The fourth-order valence-corrected chi connectivity index (χ4v) is 1.97. The van der Waals surface area contributed by atoms with E-state index in [1.165, 1.54) is 17.1 Å². The van der Waals surface area contributed by atoms with Crippen LogP contribution in [0, 0.1) is 10.1 Å². The van der Waals surface area contributed by atoms with Gasteiger partial charge >= 0.3 is 5.82 Å². The number of hydrogen-bond acceptors (Lipinski definition) is 7. The minimum atomic E-state index is -0.579. The van der Waals surface area contributed by atoms with Crippen molar-refractivity contribution in [3.8, 4) is 0 Å². The second kappa shape index (κ2) is 4.89. The molecule has 0 spiro atoms. The largest absolute Gasteiger partial charge is 0.381 e. The molecule has 0 radical (unpaired) electrons. The first-order valence-electron chi connectivity index (χ1n) is 4.71. The van der Waals surface area contributed by atoms with Gasteiger partial charge in [0.05, 0.1) is 12.2 Å². The standard InChI is InChI=1S/C8H8N6O3S/c9-12-7(15)8-11-5(3-18-8)1-13-2-6(10-4-13)14(16)17/h2-4H,1,9H2,(H,12,15). The van der Waals surface area contributed by atoms with Crippen LogP contribution in [-0.4, -0.2) is 25.4 Å². The fourth-order valence-electron chi connectivity index (χ4n) is 1.26. The van der Waals surface area contributed by atoms with Crippen molar-refractivity contribution in [3.05, 3.63) is 38.7 Å². The van der Waals surface area contributed by atoms with Crippen molar-refractivity contribution in [2.75, 3.05) is 0 Å². The monoisotopic (exact) mass is 268 g/mol. The molecule has 0 fully saturated rings. The van der Waals surface area contributed by atoms with E-state index in [1.54, 1.807) is 5.38 Å². The SMILES string of the molecule is NNC(=O)c1nc(Cn2cnc([N+](=O)[O-])c2)cs1. The number of nitro groups is 1. The molecule has 2 aromatic rings. The van der Waals surface area contributed by atoms with Crippen LogP contribution in [0.25, 0.3) is 0 Å². The van der Waals surface area contributed by atoms with Crippen molar-refractivity contribution in [3.63, 3.8) is 0 Å². The molecule has 0 aromatic carbocycles. The van der Waals surface area contributed by atoms with Gasteiger partial charge in [-0.15, -0.1) is 11.3 Å². The van der Waals surface area contributed by atoms with E-state index >= 15 is 0 Å². The molecule has 2 heterocycles. The first kappa shape index (κ1) is 12.1. The number of amides is 1. The van der Waals surface area contributed by atoms with Crippen molar-refractivity contribution in [2.24, 2.45) is 5.84 Å². The van der Waals surface area contributed by atoms with E-state index in [0.29, 0.717) is 12.2 Å². The van der Waals surface area contributed by atoms with Crippen LogP contribution in [0.4, 0.5) is 5.82 Å². The van der Waals surface area contributed by atoms with Crippen LogP contribution >= 0.6 is 11.3 Å². The quantitative estimate of drug-likeness (QED) is 0.345. The van der Waals surface area contributed by atoms with Crippen LogP contribution in [0.5, 0.6) is 0 Å². The average molecular weight is 268 g/mol. The van der Waals surface area contributed by atoms with Crippen molar-refractivity contribution < 1.29 is 9.72 Å². The summed E-state index contributed by atoms with van der Waals surface area (Å²) in [5.74, 6) is 4.28. The zero-order valence-corrected chi connectivity index (χ0v) is 9.75. The number of nitrogens with zero attached hydrogens (tertiary/aromatic N) is 4. The number of carbonyl (C=O) groups is 1. The third-order valence-corrected chi connectivity index (χ3v) is 2.92. The molecule has 9 nitrogen and oxygen atoms in total. The van der Waals surface area contributed by atoms with Gasteiger partial charge in [0, 0.05) is 5.38 Å². The summed E-state index contributed by atoms with van der Waals surface area (Å²) in [4.78, 5) is 28.7. The summed E-state index contributed by atoms with van der Waals surface area (Å²) in [5.41, 5.74) is 2.58. The average Bonchev–Trinajstić information content (AvgIpc) is 2.98. The second-order valence-electron chi connectivity index (χ2n) is 3.28. The Morgan fingerprint density at radius 3 is 3.06 bits per heavy atom. The van der Waals surface area contributed by atoms with E-state index in [-0.39, 0.29) is 10.8 Å². The highest BCUT2D eigenvalue weighted by atomic mass is 32.1. The van der Waals surface area contributed by atoms with Gasteiger partial charge in [-0.05, 0) is 9.91 Å². The summed E-state index contributed by atoms with van der Waals surface area (Å²) in [6.45, 7) is 0.301. The molecule has 2 aromatic heterocycles. The topological polar surface area (TPSA) is 129 Å². The van der Waals surface area contributed by atoms with Gasteiger partial charge in [-0.25, -0.2) is 10.8 Å². The Balaban J connectivity index is 2.11. The maximum absolute atomic E-state index is 11.2. The Hall–Kier alpha value is -2.33. The molecule has 0 unspecified atom stereocenters. The summed E-state index contributed by atoms with van der Waals surface area (Å²) in [6.07, 6.45) is 2.63. The van der Waals surface area contributed by atoms with Gasteiger partial charge in [0.15, 0.2) is 5.01 Å². The Kier molecular flexibility index (Phi) is 3.30. The van der Waals surface area contributed by atoms with Gasteiger partial charge < -0.3 is 14.7 Å². The zero-order valence-electron chi connectivity index (χ0n) is 8.94. The van der Waals surface area contributed by atoms with Crippen molar-refractivity contribution in [1.82, 2.24) is 20.0 Å².